The summed E-state index contributed by atoms with van der Waals surface area (Å²) in [5.41, 5.74) is 7.34. The second kappa shape index (κ2) is 3.53. The summed E-state index contributed by atoms with van der Waals surface area (Å²) in [6, 6.07) is 0. The summed E-state index contributed by atoms with van der Waals surface area (Å²) in [6.45, 7) is 2.12. The molecular weight excluding hydrogens is 180 g/mol. The zero-order chi connectivity index (χ0) is 10.3. The molecule has 2 aliphatic rings. The Bertz CT molecular complexity index is 265. The van der Waals surface area contributed by atoms with Gasteiger partial charge in [0.2, 0.25) is 0 Å². The lowest BCUT2D eigenvalue weighted by Gasteiger charge is -2.48. The van der Waals surface area contributed by atoms with Crippen LogP contribution >= 0.6 is 0 Å². The minimum absolute atomic E-state index is 0.428. The SMILES string of the molecule is CC1CCC(O)C2=C1CCC(N)N2[O-]. The van der Waals surface area contributed by atoms with Gasteiger partial charge < -0.3 is 21.1 Å². The van der Waals surface area contributed by atoms with Gasteiger partial charge in [-0.2, -0.15) is 0 Å². The lowest BCUT2D eigenvalue weighted by Crippen LogP contribution is -2.45. The van der Waals surface area contributed by atoms with Crippen molar-refractivity contribution in [2.45, 2.75) is 44.9 Å². The maximum Gasteiger partial charge on any atom is 0.0928 e. The molecule has 0 saturated carbocycles. The average Bonchev–Trinajstić information content (AvgIpc) is 2.16. The zero-order valence-corrected chi connectivity index (χ0v) is 8.44. The number of hydrogen-bond donors (Lipinski definition) is 2. The highest BCUT2D eigenvalue weighted by molar-refractivity contribution is 5.26. The van der Waals surface area contributed by atoms with E-state index in [1.807, 2.05) is 0 Å². The largest absolute Gasteiger partial charge is 0.757 e. The number of nitrogens with two attached hydrogens (primary N) is 1. The molecule has 0 radical (unpaired) electrons. The van der Waals surface area contributed by atoms with E-state index < -0.39 is 12.3 Å². The van der Waals surface area contributed by atoms with Gasteiger partial charge in [0, 0.05) is 5.70 Å². The Hall–Kier alpha value is -0.580. The van der Waals surface area contributed by atoms with Gasteiger partial charge in [-0.05, 0) is 37.2 Å². The van der Waals surface area contributed by atoms with E-state index in [0.29, 0.717) is 24.5 Å². The molecule has 1 aliphatic carbocycles. The molecule has 0 spiro atoms. The van der Waals surface area contributed by atoms with Crippen LogP contribution in [0.5, 0.6) is 0 Å². The lowest BCUT2D eigenvalue weighted by molar-refractivity contribution is 0.121. The molecule has 0 saturated heterocycles. The van der Waals surface area contributed by atoms with Crippen molar-refractivity contribution in [3.63, 3.8) is 0 Å². The summed E-state index contributed by atoms with van der Waals surface area (Å²) in [4.78, 5) is 0. The van der Waals surface area contributed by atoms with Crippen LogP contribution in [0.2, 0.25) is 0 Å². The molecule has 3 atom stereocenters. The van der Waals surface area contributed by atoms with E-state index in [1.165, 1.54) is 0 Å². The summed E-state index contributed by atoms with van der Waals surface area (Å²) in [5, 5.41) is 22.3. The van der Waals surface area contributed by atoms with Crippen LogP contribution in [0.15, 0.2) is 11.3 Å². The summed E-state index contributed by atoms with van der Waals surface area (Å²) in [6.07, 6.45) is 2.18. The Morgan fingerprint density at radius 3 is 2.86 bits per heavy atom. The van der Waals surface area contributed by atoms with Crippen LogP contribution in [0.4, 0.5) is 0 Å². The average molecular weight is 197 g/mol. The van der Waals surface area contributed by atoms with Crippen molar-refractivity contribution in [1.29, 1.82) is 0 Å². The second-order valence-corrected chi connectivity index (χ2v) is 4.34. The smallest absolute Gasteiger partial charge is 0.0928 e. The predicted octanol–water partition coefficient (Wildman–Crippen LogP) is 0.910. The van der Waals surface area contributed by atoms with Crippen molar-refractivity contribution in [1.82, 2.24) is 5.06 Å². The van der Waals surface area contributed by atoms with Crippen molar-refractivity contribution in [2.75, 3.05) is 0 Å². The van der Waals surface area contributed by atoms with E-state index in [1.54, 1.807) is 0 Å². The third-order valence-electron chi connectivity index (χ3n) is 3.36. The van der Waals surface area contributed by atoms with Gasteiger partial charge in [0.1, 0.15) is 0 Å². The molecule has 3 unspecified atom stereocenters. The van der Waals surface area contributed by atoms with Gasteiger partial charge in [-0.25, -0.2) is 0 Å². The number of hydrogen-bond acceptors (Lipinski definition) is 4. The lowest BCUT2D eigenvalue weighted by atomic mass is 9.81. The van der Waals surface area contributed by atoms with Crippen molar-refractivity contribution < 1.29 is 5.11 Å². The number of aliphatic hydroxyl groups excluding tert-OH is 1. The molecule has 14 heavy (non-hydrogen) atoms. The Morgan fingerprint density at radius 2 is 2.14 bits per heavy atom. The van der Waals surface area contributed by atoms with Crippen LogP contribution in [0.1, 0.15) is 32.6 Å². The number of aliphatic hydroxyl groups is 1. The molecule has 0 amide bonds. The van der Waals surface area contributed by atoms with Crippen molar-refractivity contribution in [3.05, 3.63) is 16.5 Å². The van der Waals surface area contributed by atoms with Gasteiger partial charge in [0.15, 0.2) is 0 Å². The molecule has 1 heterocycles. The minimum Gasteiger partial charge on any atom is -0.757 e. The molecule has 0 aromatic rings. The second-order valence-electron chi connectivity index (χ2n) is 4.34. The fraction of sp³-hybridized carbons (Fsp3) is 0.800. The molecule has 4 heteroatoms. The number of hydroxylamine groups is 2. The van der Waals surface area contributed by atoms with E-state index in [-0.39, 0.29) is 0 Å². The van der Waals surface area contributed by atoms with Crippen molar-refractivity contribution in [2.24, 2.45) is 11.7 Å². The van der Waals surface area contributed by atoms with Crippen LogP contribution < -0.4 is 5.73 Å². The van der Waals surface area contributed by atoms with Crippen LogP contribution in [-0.4, -0.2) is 22.4 Å². The molecule has 4 nitrogen and oxygen atoms in total. The van der Waals surface area contributed by atoms with Crippen LogP contribution in [0.25, 0.3) is 0 Å². The van der Waals surface area contributed by atoms with E-state index in [0.717, 1.165) is 23.5 Å². The Labute approximate surface area is 84.0 Å². The maximum atomic E-state index is 11.7. The molecule has 2 rings (SSSR count). The van der Waals surface area contributed by atoms with Gasteiger partial charge in [0.05, 0.1) is 12.3 Å². The number of allylic oxidation sites excluding steroid dienone is 1. The van der Waals surface area contributed by atoms with Crippen LogP contribution in [-0.2, 0) is 0 Å². The Kier molecular flexibility index (Phi) is 2.51. The normalized spacial score (nSPS) is 38.6. The van der Waals surface area contributed by atoms with Gasteiger partial charge in [-0.15, -0.1) is 0 Å². The first-order valence-electron chi connectivity index (χ1n) is 5.24. The van der Waals surface area contributed by atoms with Gasteiger partial charge >= 0.3 is 0 Å². The molecule has 0 aromatic heterocycles. The summed E-state index contributed by atoms with van der Waals surface area (Å²) in [5.74, 6) is 0.428. The first-order valence-corrected chi connectivity index (χ1v) is 5.24. The van der Waals surface area contributed by atoms with Crippen LogP contribution in [0, 0.1) is 11.1 Å². The Balaban J connectivity index is 2.35. The molecule has 3 N–H and O–H groups in total. The summed E-state index contributed by atoms with van der Waals surface area (Å²) < 4.78 is 0. The van der Waals surface area contributed by atoms with Crippen molar-refractivity contribution in [3.8, 4) is 0 Å². The monoisotopic (exact) mass is 197 g/mol. The molecular formula is C10H17N2O2-. The molecule has 0 aromatic carbocycles. The zero-order valence-electron chi connectivity index (χ0n) is 8.44. The molecule has 0 bridgehead atoms. The van der Waals surface area contributed by atoms with Crippen molar-refractivity contribution >= 4 is 0 Å². The van der Waals surface area contributed by atoms with Gasteiger partial charge in [-0.3, -0.25) is 0 Å². The third kappa shape index (κ3) is 1.43. The molecule has 80 valence electrons. The predicted molar refractivity (Wildman–Crippen MR) is 53.8 cm³/mol. The first-order chi connectivity index (χ1) is 6.61. The minimum atomic E-state index is -0.593. The highest BCUT2D eigenvalue weighted by atomic mass is 16.5. The molecule has 1 aliphatic heterocycles. The third-order valence-corrected chi connectivity index (χ3v) is 3.36. The fourth-order valence-electron chi connectivity index (χ4n) is 2.45. The summed E-state index contributed by atoms with van der Waals surface area (Å²) >= 11 is 0. The Morgan fingerprint density at radius 1 is 1.43 bits per heavy atom. The van der Waals surface area contributed by atoms with E-state index >= 15 is 0 Å². The first kappa shape index (κ1) is 9.96. The van der Waals surface area contributed by atoms with E-state index in [2.05, 4.69) is 6.92 Å². The number of rotatable bonds is 0. The molecule has 0 fully saturated rings. The maximum absolute atomic E-state index is 11.7. The van der Waals surface area contributed by atoms with Crippen LogP contribution in [0.3, 0.4) is 0 Å². The van der Waals surface area contributed by atoms with Gasteiger partial charge in [0.25, 0.3) is 0 Å². The highest BCUT2D eigenvalue weighted by Gasteiger charge is 2.31. The van der Waals surface area contributed by atoms with Gasteiger partial charge in [-0.1, -0.05) is 6.92 Å². The number of nitrogens with zero attached hydrogens (tertiary/aromatic N) is 1. The highest BCUT2D eigenvalue weighted by Crippen LogP contribution is 2.38. The summed E-state index contributed by atoms with van der Waals surface area (Å²) in [7, 11) is 0. The quantitative estimate of drug-likeness (QED) is 0.605. The van der Waals surface area contributed by atoms with E-state index in [9.17, 15) is 10.3 Å². The standard InChI is InChI=1S/C10H17N2O2/c1-6-2-4-8(13)10-7(6)3-5-9(11)12(10)14/h6,8-9,13H,2-5,11H2,1H3/q-1. The fourth-order valence-corrected chi connectivity index (χ4v) is 2.45. The van der Waals surface area contributed by atoms with E-state index in [4.69, 9.17) is 5.73 Å². The topological polar surface area (TPSA) is 72.5 Å².